The zero-order valence-electron chi connectivity index (χ0n) is 19.0. The Bertz CT molecular complexity index is 1010. The highest BCUT2D eigenvalue weighted by molar-refractivity contribution is 6.01. The molecule has 0 unspecified atom stereocenters. The van der Waals surface area contributed by atoms with Gasteiger partial charge in [-0.25, -0.2) is 9.97 Å². The van der Waals surface area contributed by atoms with E-state index in [1.165, 1.54) is 0 Å². The van der Waals surface area contributed by atoms with Crippen molar-refractivity contribution in [3.63, 3.8) is 0 Å². The van der Waals surface area contributed by atoms with Crippen LogP contribution in [0.5, 0.6) is 0 Å². The van der Waals surface area contributed by atoms with Crippen LogP contribution >= 0.6 is 0 Å². The topological polar surface area (TPSA) is 98.1 Å². The molecule has 172 valence electrons. The molecular weight excluding hydrogens is 418 g/mol. The minimum Gasteiger partial charge on any atom is -0.373 e. The van der Waals surface area contributed by atoms with E-state index in [1.807, 2.05) is 48.7 Å². The van der Waals surface area contributed by atoms with E-state index in [4.69, 9.17) is 4.74 Å². The molecule has 8 heteroatoms. The van der Waals surface area contributed by atoms with Crippen LogP contribution in [0.4, 0.5) is 0 Å². The largest absolute Gasteiger partial charge is 0.373 e. The maximum Gasteiger partial charge on any atom is 0.268 e. The van der Waals surface area contributed by atoms with E-state index in [1.54, 1.807) is 24.5 Å². The van der Waals surface area contributed by atoms with Crippen molar-refractivity contribution in [3.05, 3.63) is 83.2 Å². The van der Waals surface area contributed by atoms with Gasteiger partial charge in [-0.3, -0.25) is 9.59 Å². The number of carbonyl (C=O) groups is 2. The summed E-state index contributed by atoms with van der Waals surface area (Å²) in [5.74, 6) is 0.0910. The Morgan fingerprint density at radius 1 is 1.00 bits per heavy atom. The van der Waals surface area contributed by atoms with Gasteiger partial charge < -0.3 is 19.9 Å². The average Bonchev–Trinajstić information content (AvgIpc) is 3.26. The second kappa shape index (κ2) is 10.4. The highest BCUT2D eigenvalue weighted by atomic mass is 16.5. The lowest BCUT2D eigenvalue weighted by molar-refractivity contribution is 0.0773. The zero-order valence-corrected chi connectivity index (χ0v) is 19.0. The molecule has 1 aliphatic rings. The van der Waals surface area contributed by atoms with Gasteiger partial charge in [0.1, 0.15) is 11.5 Å². The number of nitrogens with zero attached hydrogens (tertiary/aromatic N) is 3. The van der Waals surface area contributed by atoms with Crippen LogP contribution in [0.25, 0.3) is 0 Å². The van der Waals surface area contributed by atoms with Gasteiger partial charge in [-0.1, -0.05) is 44.2 Å². The fraction of sp³-hybridized carbons (Fsp3) is 0.360. The minimum absolute atomic E-state index is 0.110. The van der Waals surface area contributed by atoms with E-state index >= 15 is 0 Å². The smallest absolute Gasteiger partial charge is 0.268 e. The molecule has 0 saturated heterocycles. The van der Waals surface area contributed by atoms with Gasteiger partial charge in [0, 0.05) is 18.9 Å². The summed E-state index contributed by atoms with van der Waals surface area (Å²) in [6.07, 6.45) is 4.72. The van der Waals surface area contributed by atoms with E-state index in [0.29, 0.717) is 42.3 Å². The van der Waals surface area contributed by atoms with E-state index < -0.39 is 0 Å². The predicted molar refractivity (Wildman–Crippen MR) is 124 cm³/mol. The molecule has 0 aliphatic carbocycles. The van der Waals surface area contributed by atoms with Crippen LogP contribution in [0.2, 0.25) is 0 Å². The van der Waals surface area contributed by atoms with Crippen molar-refractivity contribution in [1.82, 2.24) is 25.2 Å². The van der Waals surface area contributed by atoms with Crippen molar-refractivity contribution in [2.24, 2.45) is 0 Å². The van der Waals surface area contributed by atoms with E-state index in [9.17, 15) is 9.59 Å². The fourth-order valence-corrected chi connectivity index (χ4v) is 4.12. The lowest BCUT2D eigenvalue weighted by atomic mass is 10.0. The molecule has 33 heavy (non-hydrogen) atoms. The summed E-state index contributed by atoms with van der Waals surface area (Å²) in [7, 11) is 0. The number of nitrogens with one attached hydrogen (secondary N) is 2. The molecule has 2 N–H and O–H groups in total. The molecule has 2 amide bonds. The Morgan fingerprint density at radius 3 is 2.39 bits per heavy atom. The Morgan fingerprint density at radius 2 is 1.70 bits per heavy atom. The number of benzene rings is 1. The van der Waals surface area contributed by atoms with Crippen LogP contribution in [0.15, 0.2) is 54.9 Å². The lowest BCUT2D eigenvalue weighted by Crippen LogP contribution is -2.31. The van der Waals surface area contributed by atoms with E-state index in [2.05, 4.69) is 20.6 Å². The molecule has 2 aromatic heterocycles. The Labute approximate surface area is 193 Å². The number of hydrogen-bond donors (Lipinski definition) is 2. The van der Waals surface area contributed by atoms with Crippen molar-refractivity contribution in [2.45, 2.75) is 51.9 Å². The monoisotopic (exact) mass is 447 g/mol. The molecule has 0 spiro atoms. The number of aromatic nitrogens is 3. The first-order valence-electron chi connectivity index (χ1n) is 11.4. The number of carbonyl (C=O) groups excluding carboxylic acids is 2. The Hall–Kier alpha value is -3.52. The van der Waals surface area contributed by atoms with Crippen molar-refractivity contribution in [2.75, 3.05) is 6.61 Å². The zero-order chi connectivity index (χ0) is 23.2. The second-order valence-corrected chi connectivity index (χ2v) is 7.98. The average molecular weight is 448 g/mol. The molecule has 0 saturated carbocycles. The van der Waals surface area contributed by atoms with Crippen molar-refractivity contribution in [3.8, 4) is 0 Å². The highest BCUT2D eigenvalue weighted by Gasteiger charge is 2.28. The standard InChI is InChI=1S/C25H29N5O3/c1-3-19(17-9-6-5-7-10-17)28-25(32)21-15-18(22-16-33-14-13-30(21)22)24(31)29-20(4-2)23-26-11-8-12-27-23/h5-12,15,19-20H,3-4,13-14,16H2,1-2H3,(H,28,32)(H,29,31)/t19-,20+/m1/s1. The summed E-state index contributed by atoms with van der Waals surface area (Å²) in [5, 5.41) is 6.14. The molecule has 0 fully saturated rings. The summed E-state index contributed by atoms with van der Waals surface area (Å²) >= 11 is 0. The fourth-order valence-electron chi connectivity index (χ4n) is 4.12. The first-order chi connectivity index (χ1) is 16.1. The van der Waals surface area contributed by atoms with E-state index in [0.717, 1.165) is 12.0 Å². The molecule has 0 radical (unpaired) electrons. The molecular formula is C25H29N5O3. The third-order valence-electron chi connectivity index (χ3n) is 5.91. The number of rotatable bonds is 8. The van der Waals surface area contributed by atoms with Gasteiger partial charge in [0.25, 0.3) is 11.8 Å². The number of amides is 2. The van der Waals surface area contributed by atoms with Crippen LogP contribution < -0.4 is 10.6 Å². The summed E-state index contributed by atoms with van der Waals surface area (Å²) < 4.78 is 7.50. The normalized spacial score (nSPS) is 14.7. The van der Waals surface area contributed by atoms with Crippen molar-refractivity contribution >= 4 is 11.8 Å². The maximum atomic E-state index is 13.3. The first kappa shape index (κ1) is 22.7. The third kappa shape index (κ3) is 4.96. The highest BCUT2D eigenvalue weighted by Crippen LogP contribution is 2.24. The van der Waals surface area contributed by atoms with Gasteiger partial charge in [0.2, 0.25) is 0 Å². The molecule has 1 aromatic carbocycles. The van der Waals surface area contributed by atoms with Gasteiger partial charge in [-0.05, 0) is 30.5 Å². The number of hydrogen-bond acceptors (Lipinski definition) is 5. The SMILES string of the molecule is CC[C@H](NC(=O)c1cc(C(=O)N[C@H](CC)c2ccccc2)n2c1COCC2)c1ncccn1. The van der Waals surface area contributed by atoms with E-state index in [-0.39, 0.29) is 30.5 Å². The summed E-state index contributed by atoms with van der Waals surface area (Å²) in [5.41, 5.74) is 2.67. The minimum atomic E-state index is -0.321. The number of fused-ring (bicyclic) bond motifs is 1. The van der Waals surface area contributed by atoms with Gasteiger partial charge in [0.05, 0.1) is 36.6 Å². The van der Waals surface area contributed by atoms with Gasteiger partial charge >= 0.3 is 0 Å². The Balaban J connectivity index is 1.58. The molecule has 0 bridgehead atoms. The van der Waals surface area contributed by atoms with Crippen molar-refractivity contribution < 1.29 is 14.3 Å². The van der Waals surface area contributed by atoms with Crippen LogP contribution in [0.1, 0.15) is 76.7 Å². The quantitative estimate of drug-likeness (QED) is 0.550. The van der Waals surface area contributed by atoms with Crippen LogP contribution in [-0.2, 0) is 17.9 Å². The Kier molecular flexibility index (Phi) is 7.14. The van der Waals surface area contributed by atoms with Crippen LogP contribution in [0.3, 0.4) is 0 Å². The molecule has 3 heterocycles. The third-order valence-corrected chi connectivity index (χ3v) is 5.91. The van der Waals surface area contributed by atoms with Gasteiger partial charge in [-0.2, -0.15) is 0 Å². The summed E-state index contributed by atoms with van der Waals surface area (Å²) in [6.45, 7) is 5.30. The maximum absolute atomic E-state index is 13.3. The molecule has 4 rings (SSSR count). The van der Waals surface area contributed by atoms with Crippen LogP contribution in [-0.4, -0.2) is 33.0 Å². The molecule has 3 aromatic rings. The molecule has 1 aliphatic heterocycles. The summed E-state index contributed by atoms with van der Waals surface area (Å²) in [4.78, 5) is 35.0. The van der Waals surface area contributed by atoms with Crippen molar-refractivity contribution in [1.29, 1.82) is 0 Å². The van der Waals surface area contributed by atoms with Gasteiger partial charge in [0.15, 0.2) is 0 Å². The number of ether oxygens (including phenoxy) is 1. The predicted octanol–water partition coefficient (Wildman–Crippen LogP) is 3.57. The lowest BCUT2D eigenvalue weighted by Gasteiger charge is -2.21. The molecule has 2 atom stereocenters. The summed E-state index contributed by atoms with van der Waals surface area (Å²) in [6, 6.07) is 12.9. The second-order valence-electron chi connectivity index (χ2n) is 7.98. The van der Waals surface area contributed by atoms with Crippen LogP contribution in [0, 0.1) is 0 Å². The molecule has 8 nitrogen and oxygen atoms in total. The first-order valence-corrected chi connectivity index (χ1v) is 11.4. The van der Waals surface area contributed by atoms with Gasteiger partial charge in [-0.15, -0.1) is 0 Å².